The van der Waals surface area contributed by atoms with Crippen molar-refractivity contribution in [1.29, 1.82) is 0 Å². The van der Waals surface area contributed by atoms with E-state index in [9.17, 15) is 13.2 Å². The van der Waals surface area contributed by atoms with Gasteiger partial charge in [0.2, 0.25) is 15.9 Å². The summed E-state index contributed by atoms with van der Waals surface area (Å²) in [7, 11) is -3.10. The predicted octanol–water partition coefficient (Wildman–Crippen LogP) is -0.474. The molecule has 2 heterocycles. The summed E-state index contributed by atoms with van der Waals surface area (Å²) in [4.78, 5) is 11.9. The monoisotopic (exact) mass is 289 g/mol. The number of nitrogens with zero attached hydrogens (tertiary/aromatic N) is 1. The highest BCUT2D eigenvalue weighted by Crippen LogP contribution is 2.18. The smallest absolute Gasteiger partial charge is 0.237 e. The third-order valence-electron chi connectivity index (χ3n) is 3.89. The van der Waals surface area contributed by atoms with Crippen LogP contribution in [0.25, 0.3) is 0 Å². The van der Waals surface area contributed by atoms with E-state index >= 15 is 0 Å². The summed E-state index contributed by atoms with van der Waals surface area (Å²) in [6, 6.07) is -0.0606. The predicted molar refractivity (Wildman–Crippen MR) is 73.2 cm³/mol. The zero-order valence-corrected chi connectivity index (χ0v) is 12.2. The van der Waals surface area contributed by atoms with Crippen molar-refractivity contribution >= 4 is 15.9 Å². The van der Waals surface area contributed by atoms with Crippen LogP contribution in [0.5, 0.6) is 0 Å². The van der Waals surface area contributed by atoms with Gasteiger partial charge in [-0.05, 0) is 38.1 Å². The van der Waals surface area contributed by atoms with E-state index in [0.717, 1.165) is 32.2 Å². The van der Waals surface area contributed by atoms with Crippen molar-refractivity contribution in [1.82, 2.24) is 14.9 Å². The maximum Gasteiger partial charge on any atom is 0.237 e. The molecule has 0 aromatic heterocycles. The number of hydrogen-bond donors (Lipinski definition) is 2. The van der Waals surface area contributed by atoms with Gasteiger partial charge in [0.1, 0.15) is 0 Å². The van der Waals surface area contributed by atoms with Crippen molar-refractivity contribution in [3.8, 4) is 0 Å². The first kappa shape index (κ1) is 14.7. The second-order valence-corrected chi connectivity index (χ2v) is 7.51. The minimum Gasteiger partial charge on any atom is -0.354 e. The van der Waals surface area contributed by atoms with Gasteiger partial charge in [-0.1, -0.05) is 0 Å². The molecule has 0 bridgehead atoms. The molecule has 2 unspecified atom stereocenters. The van der Waals surface area contributed by atoms with Crippen molar-refractivity contribution in [2.45, 2.75) is 31.7 Å². The van der Waals surface area contributed by atoms with E-state index in [1.54, 1.807) is 0 Å². The van der Waals surface area contributed by atoms with E-state index in [4.69, 9.17) is 0 Å². The number of piperidine rings is 1. The summed E-state index contributed by atoms with van der Waals surface area (Å²) >= 11 is 0. The first-order chi connectivity index (χ1) is 8.97. The Balaban J connectivity index is 1.78. The minimum atomic E-state index is -3.10. The largest absolute Gasteiger partial charge is 0.354 e. The molecular formula is C12H23N3O3S. The van der Waals surface area contributed by atoms with Gasteiger partial charge in [0.25, 0.3) is 0 Å². The van der Waals surface area contributed by atoms with Crippen LogP contribution in [0, 0.1) is 5.92 Å². The van der Waals surface area contributed by atoms with Gasteiger partial charge in [-0.15, -0.1) is 0 Å². The summed E-state index contributed by atoms with van der Waals surface area (Å²) < 4.78 is 24.5. The van der Waals surface area contributed by atoms with E-state index in [-0.39, 0.29) is 17.9 Å². The Bertz CT molecular complexity index is 418. The van der Waals surface area contributed by atoms with Gasteiger partial charge in [-0.25, -0.2) is 12.7 Å². The van der Waals surface area contributed by atoms with Gasteiger partial charge >= 0.3 is 0 Å². The molecule has 2 atom stereocenters. The fourth-order valence-corrected chi connectivity index (χ4v) is 3.71. The second-order valence-electron chi connectivity index (χ2n) is 5.52. The molecular weight excluding hydrogens is 266 g/mol. The first-order valence-corrected chi connectivity index (χ1v) is 8.78. The van der Waals surface area contributed by atoms with Crippen molar-refractivity contribution in [3.63, 3.8) is 0 Å². The lowest BCUT2D eigenvalue weighted by Gasteiger charge is -2.31. The maximum atomic E-state index is 11.9. The Hall–Kier alpha value is -0.660. The van der Waals surface area contributed by atoms with E-state index < -0.39 is 10.0 Å². The Kier molecular flexibility index (Phi) is 4.81. The van der Waals surface area contributed by atoms with Crippen LogP contribution < -0.4 is 10.6 Å². The molecule has 19 heavy (non-hydrogen) atoms. The molecule has 2 fully saturated rings. The van der Waals surface area contributed by atoms with Crippen LogP contribution in [-0.4, -0.2) is 57.1 Å². The third kappa shape index (κ3) is 4.15. The lowest BCUT2D eigenvalue weighted by Crippen LogP contribution is -2.46. The van der Waals surface area contributed by atoms with E-state index in [1.807, 2.05) is 0 Å². The lowest BCUT2D eigenvalue weighted by atomic mass is 9.99. The fourth-order valence-electron chi connectivity index (χ4n) is 2.77. The highest BCUT2D eigenvalue weighted by Gasteiger charge is 2.27. The van der Waals surface area contributed by atoms with Crippen LogP contribution in [0.1, 0.15) is 25.7 Å². The van der Waals surface area contributed by atoms with Gasteiger partial charge in [0.05, 0.1) is 12.3 Å². The molecule has 1 amide bonds. The molecule has 6 nitrogen and oxygen atoms in total. The Morgan fingerprint density at radius 3 is 2.79 bits per heavy atom. The van der Waals surface area contributed by atoms with Crippen molar-refractivity contribution in [2.75, 3.05) is 32.4 Å². The van der Waals surface area contributed by atoms with Gasteiger partial charge in [0.15, 0.2) is 0 Å². The van der Waals surface area contributed by atoms with Crippen LogP contribution in [-0.2, 0) is 14.8 Å². The normalized spacial score (nSPS) is 29.3. The van der Waals surface area contributed by atoms with Crippen LogP contribution in [0.2, 0.25) is 0 Å². The molecule has 2 aliphatic rings. The molecule has 2 N–H and O–H groups in total. The number of nitrogens with one attached hydrogen (secondary N) is 2. The molecule has 110 valence electrons. The van der Waals surface area contributed by atoms with Crippen LogP contribution in [0.3, 0.4) is 0 Å². The molecule has 0 radical (unpaired) electrons. The molecule has 0 aliphatic carbocycles. The second kappa shape index (κ2) is 6.19. The summed E-state index contributed by atoms with van der Waals surface area (Å²) in [5.74, 6) is 0.280. The average molecular weight is 289 g/mol. The fraction of sp³-hybridized carbons (Fsp3) is 0.917. The summed E-state index contributed by atoms with van der Waals surface area (Å²) in [6.07, 6.45) is 5.03. The lowest BCUT2D eigenvalue weighted by molar-refractivity contribution is -0.123. The Morgan fingerprint density at radius 1 is 1.37 bits per heavy atom. The standard InChI is InChI=1S/C12H23N3O3S/c1-19(17,18)15-7-3-4-10(9-15)8-14-12(16)11-5-2-6-13-11/h10-11,13H,2-9H2,1H3,(H,14,16). The SMILES string of the molecule is CS(=O)(=O)N1CCCC(CNC(=O)C2CCCN2)C1. The quantitative estimate of drug-likeness (QED) is 0.733. The molecule has 2 rings (SSSR count). The number of amides is 1. The first-order valence-electron chi connectivity index (χ1n) is 6.93. The van der Waals surface area contributed by atoms with E-state index in [2.05, 4.69) is 10.6 Å². The minimum absolute atomic E-state index is 0.0500. The van der Waals surface area contributed by atoms with E-state index in [0.29, 0.717) is 19.6 Å². The van der Waals surface area contributed by atoms with Crippen molar-refractivity contribution in [2.24, 2.45) is 5.92 Å². The van der Waals surface area contributed by atoms with Crippen LogP contribution in [0.15, 0.2) is 0 Å². The number of carbonyl (C=O) groups excluding carboxylic acids is 1. The van der Waals surface area contributed by atoms with Gasteiger partial charge in [-0.2, -0.15) is 0 Å². The molecule has 0 spiro atoms. The van der Waals surface area contributed by atoms with Crippen molar-refractivity contribution in [3.05, 3.63) is 0 Å². The van der Waals surface area contributed by atoms with Crippen LogP contribution in [0.4, 0.5) is 0 Å². The van der Waals surface area contributed by atoms with Crippen LogP contribution >= 0.6 is 0 Å². The number of sulfonamides is 1. The Morgan fingerprint density at radius 2 is 2.16 bits per heavy atom. The van der Waals surface area contributed by atoms with E-state index in [1.165, 1.54) is 10.6 Å². The molecule has 2 saturated heterocycles. The zero-order valence-electron chi connectivity index (χ0n) is 11.4. The Labute approximate surface area is 115 Å². The summed E-state index contributed by atoms with van der Waals surface area (Å²) in [5.41, 5.74) is 0. The molecule has 0 aromatic rings. The molecule has 7 heteroatoms. The average Bonchev–Trinajstić information content (AvgIpc) is 2.89. The summed E-state index contributed by atoms with van der Waals surface area (Å²) in [6.45, 7) is 2.61. The zero-order chi connectivity index (χ0) is 13.9. The molecule has 2 aliphatic heterocycles. The molecule has 0 saturated carbocycles. The van der Waals surface area contributed by atoms with Gasteiger partial charge < -0.3 is 10.6 Å². The maximum absolute atomic E-state index is 11.9. The van der Waals surface area contributed by atoms with Gasteiger partial charge in [0, 0.05) is 19.6 Å². The topological polar surface area (TPSA) is 78.5 Å². The summed E-state index contributed by atoms with van der Waals surface area (Å²) in [5, 5.41) is 6.10. The highest BCUT2D eigenvalue weighted by molar-refractivity contribution is 7.88. The third-order valence-corrected chi connectivity index (χ3v) is 5.16. The number of carbonyl (C=O) groups is 1. The van der Waals surface area contributed by atoms with Crippen molar-refractivity contribution < 1.29 is 13.2 Å². The number of hydrogen-bond acceptors (Lipinski definition) is 4. The number of rotatable bonds is 4. The van der Waals surface area contributed by atoms with Gasteiger partial charge in [-0.3, -0.25) is 4.79 Å². The highest BCUT2D eigenvalue weighted by atomic mass is 32.2. The molecule has 0 aromatic carbocycles.